The maximum absolute atomic E-state index is 5.26. The molecule has 0 fully saturated rings. The highest BCUT2D eigenvalue weighted by molar-refractivity contribution is 5.56. The Labute approximate surface area is 161 Å². The molecule has 0 spiro atoms. The maximum Gasteiger partial charge on any atom is 0.133 e. The van der Waals surface area contributed by atoms with E-state index >= 15 is 0 Å². The summed E-state index contributed by atoms with van der Waals surface area (Å²) in [6.45, 7) is 3.17. The second kappa shape index (κ2) is 7.87. The van der Waals surface area contributed by atoms with Gasteiger partial charge in [-0.3, -0.25) is 0 Å². The van der Waals surface area contributed by atoms with Gasteiger partial charge in [-0.2, -0.15) is 5.10 Å². The standard InChI is InChI=1S/C23H27N3O/c1-17-7-3-4-9-22(17)26-23-20(8-5-6-16-24-23)21(25-26)15-12-18-10-13-19(27-2)14-11-18/h3-4,7,9-11,13-14,24H,5-6,8,12,15-16H2,1-2H3. The molecule has 1 aliphatic rings. The molecule has 140 valence electrons. The first-order valence-electron chi connectivity index (χ1n) is 9.80. The Morgan fingerprint density at radius 1 is 1.04 bits per heavy atom. The van der Waals surface area contributed by atoms with E-state index in [0.29, 0.717) is 0 Å². The molecule has 0 amide bonds. The summed E-state index contributed by atoms with van der Waals surface area (Å²) in [5.41, 5.74) is 6.34. The Kier molecular flexibility index (Phi) is 5.14. The Morgan fingerprint density at radius 2 is 1.85 bits per heavy atom. The lowest BCUT2D eigenvalue weighted by atomic mass is 10.0. The number of aromatic nitrogens is 2. The third-order valence-electron chi connectivity index (χ3n) is 5.37. The Bertz CT molecular complexity index is 912. The van der Waals surface area contributed by atoms with Crippen LogP contribution in [0.15, 0.2) is 48.5 Å². The molecule has 4 heteroatoms. The number of hydrogen-bond acceptors (Lipinski definition) is 3. The Balaban J connectivity index is 1.65. The Hall–Kier alpha value is -2.75. The Morgan fingerprint density at radius 3 is 2.63 bits per heavy atom. The number of ether oxygens (including phenoxy) is 1. The molecule has 1 aliphatic heterocycles. The molecule has 0 unspecified atom stereocenters. The second-order valence-electron chi connectivity index (χ2n) is 7.20. The van der Waals surface area contributed by atoms with E-state index in [1.54, 1.807) is 7.11 Å². The highest BCUT2D eigenvalue weighted by atomic mass is 16.5. The molecule has 1 aromatic heterocycles. The second-order valence-corrected chi connectivity index (χ2v) is 7.20. The fourth-order valence-electron chi connectivity index (χ4n) is 3.80. The van der Waals surface area contributed by atoms with Crippen LogP contribution in [0.1, 0.15) is 35.2 Å². The number of fused-ring (bicyclic) bond motifs is 1. The molecular formula is C23H27N3O. The fraction of sp³-hybridized carbons (Fsp3) is 0.348. The van der Waals surface area contributed by atoms with Crippen molar-refractivity contribution >= 4 is 5.82 Å². The minimum atomic E-state index is 0.903. The summed E-state index contributed by atoms with van der Waals surface area (Å²) >= 11 is 0. The van der Waals surface area contributed by atoms with Crippen LogP contribution in [-0.2, 0) is 19.3 Å². The minimum Gasteiger partial charge on any atom is -0.497 e. The SMILES string of the molecule is COc1ccc(CCc2nn(-c3ccccc3C)c3c2CCCCN3)cc1. The number of nitrogens with one attached hydrogen (secondary N) is 1. The third-order valence-corrected chi connectivity index (χ3v) is 5.37. The lowest BCUT2D eigenvalue weighted by molar-refractivity contribution is 0.414. The first kappa shape index (κ1) is 17.7. The average molecular weight is 361 g/mol. The highest BCUT2D eigenvalue weighted by Gasteiger charge is 2.21. The van der Waals surface area contributed by atoms with E-state index in [2.05, 4.69) is 53.3 Å². The zero-order valence-electron chi connectivity index (χ0n) is 16.2. The number of hydrogen-bond donors (Lipinski definition) is 1. The molecule has 0 bridgehead atoms. The van der Waals surface area contributed by atoms with E-state index < -0.39 is 0 Å². The number of benzene rings is 2. The van der Waals surface area contributed by atoms with Crippen molar-refractivity contribution in [1.82, 2.24) is 9.78 Å². The van der Waals surface area contributed by atoms with E-state index in [1.807, 2.05) is 12.1 Å². The quantitative estimate of drug-likeness (QED) is 0.714. The zero-order valence-corrected chi connectivity index (χ0v) is 16.2. The number of nitrogens with zero attached hydrogens (tertiary/aromatic N) is 2. The summed E-state index contributed by atoms with van der Waals surface area (Å²) in [6.07, 6.45) is 5.47. The summed E-state index contributed by atoms with van der Waals surface area (Å²) in [4.78, 5) is 0. The smallest absolute Gasteiger partial charge is 0.133 e. The first-order valence-corrected chi connectivity index (χ1v) is 9.80. The lowest BCUT2D eigenvalue weighted by Gasteiger charge is -2.11. The third kappa shape index (κ3) is 3.70. The van der Waals surface area contributed by atoms with Gasteiger partial charge in [0, 0.05) is 12.1 Å². The van der Waals surface area contributed by atoms with E-state index in [9.17, 15) is 0 Å². The highest BCUT2D eigenvalue weighted by Crippen LogP contribution is 2.30. The molecule has 0 saturated heterocycles. The normalized spacial score (nSPS) is 13.6. The van der Waals surface area contributed by atoms with Gasteiger partial charge >= 0.3 is 0 Å². The molecule has 0 saturated carbocycles. The molecule has 4 nitrogen and oxygen atoms in total. The number of aryl methyl sites for hydroxylation is 3. The van der Waals surface area contributed by atoms with Gasteiger partial charge in [0.1, 0.15) is 11.6 Å². The van der Waals surface area contributed by atoms with Crippen molar-refractivity contribution in [3.05, 3.63) is 70.9 Å². The number of para-hydroxylation sites is 1. The largest absolute Gasteiger partial charge is 0.497 e. The van der Waals surface area contributed by atoms with Gasteiger partial charge in [-0.1, -0.05) is 30.3 Å². The van der Waals surface area contributed by atoms with Crippen molar-refractivity contribution in [2.75, 3.05) is 19.0 Å². The van der Waals surface area contributed by atoms with Crippen LogP contribution in [0.3, 0.4) is 0 Å². The van der Waals surface area contributed by atoms with Gasteiger partial charge < -0.3 is 10.1 Å². The van der Waals surface area contributed by atoms with Crippen LogP contribution in [0.5, 0.6) is 5.75 Å². The zero-order chi connectivity index (χ0) is 18.6. The number of rotatable bonds is 5. The molecule has 1 N–H and O–H groups in total. The van der Waals surface area contributed by atoms with Crippen LogP contribution in [0.2, 0.25) is 0 Å². The van der Waals surface area contributed by atoms with Gasteiger partial charge in [-0.15, -0.1) is 0 Å². The summed E-state index contributed by atoms with van der Waals surface area (Å²) in [5, 5.41) is 8.68. The van der Waals surface area contributed by atoms with Gasteiger partial charge in [0.2, 0.25) is 0 Å². The van der Waals surface area contributed by atoms with Crippen molar-refractivity contribution in [1.29, 1.82) is 0 Å². The van der Waals surface area contributed by atoms with Crippen LogP contribution in [0.25, 0.3) is 5.69 Å². The molecule has 2 aromatic carbocycles. The van der Waals surface area contributed by atoms with Gasteiger partial charge in [-0.05, 0) is 68.4 Å². The molecule has 27 heavy (non-hydrogen) atoms. The average Bonchev–Trinajstić information content (AvgIpc) is 2.87. The molecule has 3 aromatic rings. The number of methoxy groups -OCH3 is 1. The predicted octanol–water partition coefficient (Wildman–Crippen LogP) is 4.72. The topological polar surface area (TPSA) is 39.1 Å². The minimum absolute atomic E-state index is 0.903. The predicted molar refractivity (Wildman–Crippen MR) is 110 cm³/mol. The van der Waals surface area contributed by atoms with Crippen molar-refractivity contribution in [3.8, 4) is 11.4 Å². The summed E-state index contributed by atoms with van der Waals surface area (Å²) in [5.74, 6) is 2.09. The molecule has 2 heterocycles. The molecular weight excluding hydrogens is 334 g/mol. The molecule has 0 atom stereocenters. The van der Waals surface area contributed by atoms with Crippen LogP contribution in [0.4, 0.5) is 5.82 Å². The van der Waals surface area contributed by atoms with Crippen LogP contribution >= 0.6 is 0 Å². The van der Waals surface area contributed by atoms with Crippen molar-refractivity contribution in [3.63, 3.8) is 0 Å². The van der Waals surface area contributed by atoms with Gasteiger partial charge in [0.15, 0.2) is 0 Å². The first-order chi connectivity index (χ1) is 13.3. The van der Waals surface area contributed by atoms with E-state index in [1.165, 1.54) is 46.7 Å². The van der Waals surface area contributed by atoms with Gasteiger partial charge in [0.05, 0.1) is 18.5 Å². The van der Waals surface area contributed by atoms with Crippen molar-refractivity contribution in [2.24, 2.45) is 0 Å². The fourth-order valence-corrected chi connectivity index (χ4v) is 3.80. The van der Waals surface area contributed by atoms with E-state index in [0.717, 1.165) is 31.6 Å². The summed E-state index contributed by atoms with van der Waals surface area (Å²) in [7, 11) is 1.70. The van der Waals surface area contributed by atoms with E-state index in [4.69, 9.17) is 9.84 Å². The molecule has 0 aliphatic carbocycles. The molecule has 4 rings (SSSR count). The number of anilines is 1. The monoisotopic (exact) mass is 361 g/mol. The summed E-state index contributed by atoms with van der Waals surface area (Å²) < 4.78 is 7.38. The maximum atomic E-state index is 5.26. The van der Waals surface area contributed by atoms with Crippen molar-refractivity contribution in [2.45, 2.75) is 39.0 Å². The van der Waals surface area contributed by atoms with Crippen LogP contribution < -0.4 is 10.1 Å². The van der Waals surface area contributed by atoms with Gasteiger partial charge in [-0.25, -0.2) is 4.68 Å². The van der Waals surface area contributed by atoms with Gasteiger partial charge in [0.25, 0.3) is 0 Å². The lowest BCUT2D eigenvalue weighted by Crippen LogP contribution is -2.08. The van der Waals surface area contributed by atoms with Crippen molar-refractivity contribution < 1.29 is 4.74 Å². The summed E-state index contributed by atoms with van der Waals surface area (Å²) in [6, 6.07) is 16.8. The van der Waals surface area contributed by atoms with E-state index in [-0.39, 0.29) is 0 Å². The van der Waals surface area contributed by atoms with Crippen LogP contribution in [-0.4, -0.2) is 23.4 Å². The van der Waals surface area contributed by atoms with Crippen LogP contribution in [0, 0.1) is 6.92 Å². The molecule has 0 radical (unpaired) electrons.